The number of hydrogen-bond donors (Lipinski definition) is 1. The van der Waals surface area contributed by atoms with Gasteiger partial charge in [-0.2, -0.15) is 0 Å². The third-order valence-electron chi connectivity index (χ3n) is 4.48. The summed E-state index contributed by atoms with van der Waals surface area (Å²) in [6.45, 7) is 8.41. The van der Waals surface area contributed by atoms with Crippen molar-refractivity contribution in [3.8, 4) is 17.6 Å². The Morgan fingerprint density at radius 3 is 2.62 bits per heavy atom. The van der Waals surface area contributed by atoms with Gasteiger partial charge in [-0.15, -0.1) is 0 Å². The van der Waals surface area contributed by atoms with E-state index in [1.54, 1.807) is 6.07 Å². The molecule has 1 N–H and O–H groups in total. The highest BCUT2D eigenvalue weighted by Gasteiger charge is 2.34. The molecule has 1 aromatic rings. The molecule has 3 atom stereocenters. The Bertz CT molecular complexity index is 677. The van der Waals surface area contributed by atoms with Gasteiger partial charge in [-0.1, -0.05) is 11.8 Å². The quantitative estimate of drug-likeness (QED) is 0.819. The Labute approximate surface area is 155 Å². The van der Waals surface area contributed by atoms with Crippen LogP contribution in [0.15, 0.2) is 18.2 Å². The van der Waals surface area contributed by atoms with Gasteiger partial charge in [0.05, 0.1) is 12.2 Å². The van der Waals surface area contributed by atoms with Crippen molar-refractivity contribution in [1.29, 1.82) is 0 Å². The van der Waals surface area contributed by atoms with Crippen LogP contribution >= 0.6 is 0 Å². The van der Waals surface area contributed by atoms with Crippen LogP contribution in [0.25, 0.3) is 0 Å². The average molecular weight is 361 g/mol. The lowest BCUT2D eigenvalue weighted by atomic mass is 9.97. The zero-order valence-electron chi connectivity index (χ0n) is 15.8. The second-order valence-electron chi connectivity index (χ2n) is 8.32. The van der Waals surface area contributed by atoms with Crippen LogP contribution < -0.4 is 4.74 Å². The Kier molecular flexibility index (Phi) is 5.86. The molecule has 2 fully saturated rings. The van der Waals surface area contributed by atoms with Gasteiger partial charge >= 0.3 is 0 Å². The molecule has 2 heterocycles. The standard InChI is InChI=1S/C21H28FNO3/c1-21(2,3)7-6-15-8-16(22)10-20(9-15)25-14-17(24)11-23-12-18-4-5-19(13-23)26-18/h8-10,17-19,24H,4-5,11-14H2,1-3H3/t17?,18-,19+. The van der Waals surface area contributed by atoms with Crippen LogP contribution in [-0.4, -0.2) is 54.6 Å². The van der Waals surface area contributed by atoms with Crippen molar-refractivity contribution in [2.45, 2.75) is 51.9 Å². The third-order valence-corrected chi connectivity index (χ3v) is 4.48. The molecule has 0 aromatic heterocycles. The molecule has 4 nitrogen and oxygen atoms in total. The third kappa shape index (κ3) is 5.70. The van der Waals surface area contributed by atoms with Crippen molar-refractivity contribution >= 4 is 0 Å². The van der Waals surface area contributed by atoms with Crippen LogP contribution in [0.2, 0.25) is 0 Å². The van der Waals surface area contributed by atoms with Gasteiger partial charge in [0.15, 0.2) is 0 Å². The second kappa shape index (κ2) is 7.96. The van der Waals surface area contributed by atoms with Gasteiger partial charge < -0.3 is 14.6 Å². The molecular formula is C21H28FNO3. The normalized spacial score (nSPS) is 24.0. The number of β-amino-alcohol motifs (C(OH)–C–C–N with tert-alkyl or cyclic N) is 1. The molecule has 2 saturated heterocycles. The monoisotopic (exact) mass is 361 g/mol. The lowest BCUT2D eigenvalue weighted by Gasteiger charge is -2.33. The van der Waals surface area contributed by atoms with Crippen LogP contribution in [0.1, 0.15) is 39.2 Å². The Morgan fingerprint density at radius 1 is 1.27 bits per heavy atom. The molecular weight excluding hydrogens is 333 g/mol. The van der Waals surface area contributed by atoms with E-state index in [-0.39, 0.29) is 17.8 Å². The summed E-state index contributed by atoms with van der Waals surface area (Å²) < 4.78 is 25.2. The van der Waals surface area contributed by atoms with E-state index in [0.29, 0.717) is 30.1 Å². The maximum Gasteiger partial charge on any atom is 0.128 e. The molecule has 26 heavy (non-hydrogen) atoms. The predicted molar refractivity (Wildman–Crippen MR) is 98.6 cm³/mol. The van der Waals surface area contributed by atoms with E-state index in [2.05, 4.69) is 16.7 Å². The largest absolute Gasteiger partial charge is 0.491 e. The van der Waals surface area contributed by atoms with E-state index in [4.69, 9.17) is 9.47 Å². The number of likely N-dealkylation sites (tertiary alicyclic amines) is 1. The number of aliphatic hydroxyl groups excluding tert-OH is 1. The SMILES string of the molecule is CC(C)(C)C#Cc1cc(F)cc(OCC(O)CN2C[C@H]3CC[C@@H](C2)O3)c1. The van der Waals surface area contributed by atoms with Crippen LogP contribution in [0, 0.1) is 23.1 Å². The van der Waals surface area contributed by atoms with Crippen LogP contribution in [-0.2, 0) is 4.74 Å². The minimum atomic E-state index is -0.625. The van der Waals surface area contributed by atoms with Crippen molar-refractivity contribution in [2.24, 2.45) is 5.41 Å². The topological polar surface area (TPSA) is 41.9 Å². The molecule has 2 aliphatic heterocycles. The molecule has 0 radical (unpaired) electrons. The van der Waals surface area contributed by atoms with Gasteiger partial charge in [0.1, 0.15) is 24.3 Å². The zero-order valence-corrected chi connectivity index (χ0v) is 15.8. The summed E-state index contributed by atoms with van der Waals surface area (Å²) in [5.41, 5.74) is 0.426. The summed E-state index contributed by atoms with van der Waals surface area (Å²) in [5, 5.41) is 10.3. The molecule has 0 amide bonds. The molecule has 0 spiro atoms. The highest BCUT2D eigenvalue weighted by molar-refractivity contribution is 5.41. The number of rotatable bonds is 5. The predicted octanol–water partition coefficient (Wildman–Crippen LogP) is 2.83. The maximum absolute atomic E-state index is 13.8. The summed E-state index contributed by atoms with van der Waals surface area (Å²) in [5.74, 6) is 6.07. The number of halogens is 1. The number of ether oxygens (including phenoxy) is 2. The lowest BCUT2D eigenvalue weighted by Crippen LogP contribution is -2.46. The van der Waals surface area contributed by atoms with E-state index in [0.717, 1.165) is 25.9 Å². The summed E-state index contributed by atoms with van der Waals surface area (Å²) in [7, 11) is 0. The first-order chi connectivity index (χ1) is 12.3. The molecule has 0 saturated carbocycles. The number of nitrogens with zero attached hydrogens (tertiary/aromatic N) is 1. The first-order valence-electron chi connectivity index (χ1n) is 9.29. The van der Waals surface area contributed by atoms with Crippen LogP contribution in [0.5, 0.6) is 5.75 Å². The summed E-state index contributed by atoms with van der Waals surface area (Å²) >= 11 is 0. The van der Waals surface area contributed by atoms with E-state index >= 15 is 0 Å². The van der Waals surface area contributed by atoms with Crippen LogP contribution in [0.3, 0.4) is 0 Å². The molecule has 142 valence electrons. The second-order valence-corrected chi connectivity index (χ2v) is 8.32. The first kappa shape index (κ1) is 19.2. The summed E-state index contributed by atoms with van der Waals surface area (Å²) in [4.78, 5) is 2.23. The van der Waals surface area contributed by atoms with Crippen molar-refractivity contribution in [2.75, 3.05) is 26.2 Å². The van der Waals surface area contributed by atoms with Crippen molar-refractivity contribution in [3.05, 3.63) is 29.6 Å². The smallest absolute Gasteiger partial charge is 0.128 e. The number of benzene rings is 1. The van der Waals surface area contributed by atoms with Gasteiger partial charge in [-0.05, 0) is 45.7 Å². The Hall–Kier alpha value is -1.61. The van der Waals surface area contributed by atoms with Gasteiger partial charge in [0.25, 0.3) is 0 Å². The van der Waals surface area contributed by atoms with E-state index in [1.807, 2.05) is 20.8 Å². The molecule has 2 bridgehead atoms. The first-order valence-corrected chi connectivity index (χ1v) is 9.29. The number of fused-ring (bicyclic) bond motifs is 2. The Balaban J connectivity index is 1.53. The number of hydrogen-bond acceptors (Lipinski definition) is 4. The Morgan fingerprint density at radius 2 is 1.96 bits per heavy atom. The molecule has 1 unspecified atom stereocenters. The number of aliphatic hydroxyl groups is 1. The highest BCUT2D eigenvalue weighted by atomic mass is 19.1. The number of morpholine rings is 1. The van der Waals surface area contributed by atoms with Crippen molar-refractivity contribution < 1.29 is 19.0 Å². The summed E-state index contributed by atoms with van der Waals surface area (Å²) in [6.07, 6.45) is 2.19. The van der Waals surface area contributed by atoms with Crippen molar-refractivity contribution in [1.82, 2.24) is 4.90 Å². The highest BCUT2D eigenvalue weighted by Crippen LogP contribution is 2.26. The maximum atomic E-state index is 13.8. The minimum absolute atomic E-state index is 0.127. The summed E-state index contributed by atoms with van der Waals surface area (Å²) in [6, 6.07) is 4.43. The molecule has 2 aliphatic rings. The van der Waals surface area contributed by atoms with Gasteiger partial charge in [0.2, 0.25) is 0 Å². The van der Waals surface area contributed by atoms with Crippen LogP contribution in [0.4, 0.5) is 4.39 Å². The van der Waals surface area contributed by atoms with Gasteiger partial charge in [0, 0.05) is 36.7 Å². The molecule has 5 heteroatoms. The molecule has 0 aliphatic carbocycles. The fraction of sp³-hybridized carbons (Fsp3) is 0.619. The average Bonchev–Trinajstić information content (AvgIpc) is 2.89. The molecule has 1 aromatic carbocycles. The lowest BCUT2D eigenvalue weighted by molar-refractivity contribution is -0.0528. The van der Waals surface area contributed by atoms with E-state index in [9.17, 15) is 9.50 Å². The fourth-order valence-electron chi connectivity index (χ4n) is 3.37. The molecule has 3 rings (SSSR count). The minimum Gasteiger partial charge on any atom is -0.491 e. The van der Waals surface area contributed by atoms with Gasteiger partial charge in [-0.25, -0.2) is 4.39 Å². The van der Waals surface area contributed by atoms with E-state index < -0.39 is 6.10 Å². The fourth-order valence-corrected chi connectivity index (χ4v) is 3.37. The van der Waals surface area contributed by atoms with E-state index in [1.165, 1.54) is 12.1 Å². The van der Waals surface area contributed by atoms with Gasteiger partial charge in [-0.3, -0.25) is 4.90 Å². The zero-order chi connectivity index (χ0) is 18.7. The van der Waals surface area contributed by atoms with Crippen molar-refractivity contribution in [3.63, 3.8) is 0 Å².